The molecule has 9 heteroatoms. The van der Waals surface area contributed by atoms with E-state index in [0.717, 1.165) is 54.3 Å². The maximum absolute atomic E-state index is 13.1. The highest BCUT2D eigenvalue weighted by atomic mass is 32.2. The Bertz CT molecular complexity index is 1350. The fourth-order valence-corrected chi connectivity index (χ4v) is 5.06. The molecule has 0 bridgehead atoms. The summed E-state index contributed by atoms with van der Waals surface area (Å²) in [5.41, 5.74) is 4.95. The summed E-state index contributed by atoms with van der Waals surface area (Å²) < 4.78 is 31.8. The number of aryl methyl sites for hydroxylation is 1. The molecule has 1 heterocycles. The summed E-state index contributed by atoms with van der Waals surface area (Å²) in [4.78, 5) is 17.8. The van der Waals surface area contributed by atoms with Crippen molar-refractivity contribution in [1.29, 1.82) is 0 Å². The van der Waals surface area contributed by atoms with Gasteiger partial charge in [-0.15, -0.1) is 0 Å². The Morgan fingerprint density at radius 2 is 1.64 bits per heavy atom. The first-order valence-electron chi connectivity index (χ1n) is 11.8. The van der Waals surface area contributed by atoms with Crippen LogP contribution in [0.4, 0.5) is 11.4 Å². The van der Waals surface area contributed by atoms with Gasteiger partial charge in [0.05, 0.1) is 17.7 Å². The number of ether oxygens (including phenoxy) is 1. The topological polar surface area (TPSA) is 91.0 Å². The smallest absolute Gasteiger partial charge is 0.255 e. The van der Waals surface area contributed by atoms with Crippen LogP contribution in [0.25, 0.3) is 11.1 Å². The minimum absolute atomic E-state index is 0.199. The van der Waals surface area contributed by atoms with E-state index in [1.165, 1.54) is 7.05 Å². The number of likely N-dealkylation sites (N-methyl/N-ethyl adjacent to an activating group) is 1. The summed E-state index contributed by atoms with van der Waals surface area (Å²) in [6.45, 7) is 5.67. The fraction of sp³-hybridized carbons (Fsp3) is 0.296. The highest BCUT2D eigenvalue weighted by Gasteiger charge is 2.19. The summed E-state index contributed by atoms with van der Waals surface area (Å²) in [5, 5.41) is 3.01. The number of benzene rings is 3. The van der Waals surface area contributed by atoms with Gasteiger partial charge >= 0.3 is 0 Å². The number of hydrogen-bond donors (Lipinski definition) is 2. The standard InChI is InChI=1S/C27H32N4O4S/c1-19-17-21(7-11-24(19)20-5-9-23(10-6-20)36(33,34)28-2)27(32)29-22-8-12-26(35-4)25(18-22)31-15-13-30(3)14-16-31/h5-12,17-18,28H,13-16H2,1-4H3,(H,29,32). The predicted octanol–water partition coefficient (Wildman–Crippen LogP) is 3.58. The second kappa shape index (κ2) is 10.7. The van der Waals surface area contributed by atoms with Gasteiger partial charge in [-0.1, -0.05) is 18.2 Å². The molecule has 0 aromatic heterocycles. The summed E-state index contributed by atoms with van der Waals surface area (Å²) >= 11 is 0. The van der Waals surface area contributed by atoms with Gasteiger partial charge in [-0.25, -0.2) is 13.1 Å². The van der Waals surface area contributed by atoms with E-state index in [4.69, 9.17) is 4.74 Å². The van der Waals surface area contributed by atoms with Crippen LogP contribution in [0.3, 0.4) is 0 Å². The Labute approximate surface area is 212 Å². The first kappa shape index (κ1) is 25.7. The molecule has 1 saturated heterocycles. The largest absolute Gasteiger partial charge is 0.495 e. The number of anilines is 2. The molecule has 3 aromatic rings. The number of methoxy groups -OCH3 is 1. The number of carbonyl (C=O) groups excluding carboxylic acids is 1. The van der Waals surface area contributed by atoms with Gasteiger partial charge in [0.25, 0.3) is 5.91 Å². The predicted molar refractivity (Wildman–Crippen MR) is 144 cm³/mol. The molecule has 8 nitrogen and oxygen atoms in total. The van der Waals surface area contributed by atoms with Gasteiger partial charge in [-0.05, 0) is 80.2 Å². The number of rotatable bonds is 7. The first-order chi connectivity index (χ1) is 17.2. The third-order valence-electron chi connectivity index (χ3n) is 6.51. The molecule has 4 rings (SSSR count). The maximum Gasteiger partial charge on any atom is 0.255 e. The normalized spacial score (nSPS) is 14.5. The third-order valence-corrected chi connectivity index (χ3v) is 7.94. The van der Waals surface area contributed by atoms with Crippen molar-refractivity contribution >= 4 is 27.3 Å². The maximum atomic E-state index is 13.1. The summed E-state index contributed by atoms with van der Waals surface area (Å²) in [6, 6.07) is 17.9. The molecule has 1 amide bonds. The molecule has 0 aliphatic carbocycles. The van der Waals surface area contributed by atoms with Crippen molar-refractivity contribution in [3.8, 4) is 16.9 Å². The van der Waals surface area contributed by atoms with Gasteiger partial charge in [0.2, 0.25) is 10.0 Å². The average Bonchev–Trinajstić information content (AvgIpc) is 2.89. The van der Waals surface area contributed by atoms with E-state index >= 15 is 0 Å². The van der Waals surface area contributed by atoms with Crippen molar-refractivity contribution in [2.75, 3.05) is 57.6 Å². The Morgan fingerprint density at radius 3 is 2.25 bits per heavy atom. The number of piperazine rings is 1. The van der Waals surface area contributed by atoms with E-state index < -0.39 is 10.0 Å². The highest BCUT2D eigenvalue weighted by molar-refractivity contribution is 7.89. The quantitative estimate of drug-likeness (QED) is 0.507. The van der Waals surface area contributed by atoms with Crippen molar-refractivity contribution in [2.45, 2.75) is 11.8 Å². The molecular weight excluding hydrogens is 476 g/mol. The van der Waals surface area contributed by atoms with Crippen molar-refractivity contribution in [2.24, 2.45) is 0 Å². The highest BCUT2D eigenvalue weighted by Crippen LogP contribution is 2.32. The molecule has 0 saturated carbocycles. The lowest BCUT2D eigenvalue weighted by Crippen LogP contribution is -2.44. The average molecular weight is 509 g/mol. The number of carbonyl (C=O) groups is 1. The van der Waals surface area contributed by atoms with Crippen LogP contribution in [0.1, 0.15) is 15.9 Å². The van der Waals surface area contributed by atoms with Crippen molar-refractivity contribution < 1.29 is 17.9 Å². The van der Waals surface area contributed by atoms with Gasteiger partial charge in [-0.2, -0.15) is 0 Å². The van der Waals surface area contributed by atoms with Gasteiger partial charge in [0.1, 0.15) is 5.75 Å². The zero-order chi connectivity index (χ0) is 25.9. The molecule has 3 aromatic carbocycles. The van der Waals surface area contributed by atoms with Crippen LogP contribution in [0.15, 0.2) is 65.6 Å². The summed E-state index contributed by atoms with van der Waals surface area (Å²) in [5.74, 6) is 0.584. The molecule has 190 valence electrons. The fourth-order valence-electron chi connectivity index (χ4n) is 4.33. The van der Waals surface area contributed by atoms with E-state index in [1.54, 1.807) is 37.4 Å². The van der Waals surface area contributed by atoms with Gasteiger partial charge in [0.15, 0.2) is 0 Å². The number of amides is 1. The summed E-state index contributed by atoms with van der Waals surface area (Å²) in [6.07, 6.45) is 0. The lowest BCUT2D eigenvalue weighted by molar-refractivity contribution is 0.102. The Morgan fingerprint density at radius 1 is 0.944 bits per heavy atom. The van der Waals surface area contributed by atoms with Crippen LogP contribution >= 0.6 is 0 Å². The molecule has 1 fully saturated rings. The van der Waals surface area contributed by atoms with Crippen LogP contribution < -0.4 is 19.7 Å². The zero-order valence-electron chi connectivity index (χ0n) is 21.0. The van der Waals surface area contributed by atoms with Gasteiger partial charge < -0.3 is 19.9 Å². The van der Waals surface area contributed by atoms with Crippen molar-refractivity contribution in [3.63, 3.8) is 0 Å². The summed E-state index contributed by atoms with van der Waals surface area (Å²) in [7, 11) is 1.67. The second-order valence-corrected chi connectivity index (χ2v) is 10.8. The van der Waals surface area contributed by atoms with E-state index in [2.05, 4.69) is 26.9 Å². The molecule has 0 radical (unpaired) electrons. The molecule has 0 atom stereocenters. The van der Waals surface area contributed by atoms with Crippen LogP contribution in [0.5, 0.6) is 5.75 Å². The zero-order valence-corrected chi connectivity index (χ0v) is 21.9. The molecule has 0 unspecified atom stereocenters. The molecule has 1 aliphatic heterocycles. The van der Waals surface area contributed by atoms with Crippen LogP contribution in [-0.4, -0.2) is 66.6 Å². The van der Waals surface area contributed by atoms with E-state index in [-0.39, 0.29) is 10.8 Å². The van der Waals surface area contributed by atoms with E-state index in [9.17, 15) is 13.2 Å². The third kappa shape index (κ3) is 5.53. The molecule has 0 spiro atoms. The molecule has 36 heavy (non-hydrogen) atoms. The molecular formula is C27H32N4O4S. The molecule has 1 aliphatic rings. The second-order valence-electron chi connectivity index (χ2n) is 8.89. The lowest BCUT2D eigenvalue weighted by atomic mass is 9.98. The van der Waals surface area contributed by atoms with E-state index in [1.807, 2.05) is 37.3 Å². The van der Waals surface area contributed by atoms with Crippen LogP contribution in [0.2, 0.25) is 0 Å². The Kier molecular flexibility index (Phi) is 7.63. The number of nitrogens with one attached hydrogen (secondary N) is 2. The minimum Gasteiger partial charge on any atom is -0.495 e. The number of nitrogens with zero attached hydrogens (tertiary/aromatic N) is 2. The molecule has 2 N–H and O–H groups in total. The number of sulfonamides is 1. The van der Waals surface area contributed by atoms with Crippen molar-refractivity contribution in [1.82, 2.24) is 9.62 Å². The van der Waals surface area contributed by atoms with Gasteiger partial charge in [0, 0.05) is 37.4 Å². The first-order valence-corrected chi connectivity index (χ1v) is 13.3. The van der Waals surface area contributed by atoms with Crippen molar-refractivity contribution in [3.05, 3.63) is 71.8 Å². The monoisotopic (exact) mass is 508 g/mol. The lowest BCUT2D eigenvalue weighted by Gasteiger charge is -2.35. The Balaban J connectivity index is 1.52. The minimum atomic E-state index is -3.49. The SMILES string of the molecule is CNS(=O)(=O)c1ccc(-c2ccc(C(=O)Nc3ccc(OC)c(N4CCN(C)CC4)c3)cc2C)cc1. The van der Waals surface area contributed by atoms with Gasteiger partial charge in [-0.3, -0.25) is 4.79 Å². The van der Waals surface area contributed by atoms with Crippen LogP contribution in [0, 0.1) is 6.92 Å². The number of hydrogen-bond acceptors (Lipinski definition) is 6. The van der Waals surface area contributed by atoms with E-state index in [0.29, 0.717) is 11.3 Å². The Hall–Kier alpha value is -3.40. The van der Waals surface area contributed by atoms with Crippen LogP contribution in [-0.2, 0) is 10.0 Å².